The number of H-pyrrole nitrogens is 1. The second-order valence-corrected chi connectivity index (χ2v) is 7.74. The molecule has 2 aromatic carbocycles. The van der Waals surface area contributed by atoms with Gasteiger partial charge in [-0.2, -0.15) is 5.10 Å². The van der Waals surface area contributed by atoms with E-state index in [1.165, 1.54) is 0 Å². The molecule has 1 aliphatic heterocycles. The number of ether oxygens (including phenoxy) is 1. The van der Waals surface area contributed by atoms with Crippen LogP contribution in [-0.2, 0) is 17.8 Å². The van der Waals surface area contributed by atoms with Gasteiger partial charge in [-0.15, -0.1) is 0 Å². The fraction of sp³-hybridized carbons (Fsp3) is 0.200. The van der Waals surface area contributed by atoms with Gasteiger partial charge >= 0.3 is 0 Å². The molecule has 144 valence electrons. The maximum atomic E-state index is 12.7. The lowest BCUT2D eigenvalue weighted by Crippen LogP contribution is -2.38. The maximum absolute atomic E-state index is 12.7. The van der Waals surface area contributed by atoms with Gasteiger partial charge < -0.3 is 9.64 Å². The number of nitrogens with one attached hydrogen (secondary N) is 1. The summed E-state index contributed by atoms with van der Waals surface area (Å²) in [7, 11) is 0. The summed E-state index contributed by atoms with van der Waals surface area (Å²) in [5, 5.41) is 9.09. The van der Waals surface area contributed by atoms with Gasteiger partial charge in [0.25, 0.3) is 5.91 Å². The van der Waals surface area contributed by atoms with Crippen molar-refractivity contribution in [1.82, 2.24) is 15.1 Å². The van der Waals surface area contributed by atoms with Gasteiger partial charge in [0.2, 0.25) is 0 Å². The summed E-state index contributed by atoms with van der Waals surface area (Å²) in [5.74, 6) is 0.321. The van der Waals surface area contributed by atoms with E-state index < -0.39 is 0 Å². The maximum Gasteiger partial charge on any atom is 0.260 e. The van der Waals surface area contributed by atoms with E-state index in [1.54, 1.807) is 23.1 Å². The zero-order valence-corrected chi connectivity index (χ0v) is 17.0. The van der Waals surface area contributed by atoms with Gasteiger partial charge in [-0.05, 0) is 30.3 Å². The Hall–Kier alpha value is -2.21. The zero-order chi connectivity index (χ0) is 19.7. The quantitative estimate of drug-likeness (QED) is 0.626. The van der Waals surface area contributed by atoms with Crippen LogP contribution in [0.4, 0.5) is 0 Å². The first-order chi connectivity index (χ1) is 13.5. The molecule has 0 saturated heterocycles. The van der Waals surface area contributed by atoms with Crippen molar-refractivity contribution < 1.29 is 9.53 Å². The standard InChI is InChI=1S/C20H16Cl3N3O2/c21-13-3-1-12(2-4-13)20-15-10-26(8-7-17(15)24-25-20)19(27)11-28-18-6-5-14(22)9-16(18)23/h1-6,9H,7-8,10-11H2,(H,24,25). The normalized spacial score (nSPS) is 13.3. The fourth-order valence-electron chi connectivity index (χ4n) is 3.18. The first-order valence-corrected chi connectivity index (χ1v) is 9.82. The van der Waals surface area contributed by atoms with Crippen LogP contribution in [0.1, 0.15) is 11.3 Å². The lowest BCUT2D eigenvalue weighted by Gasteiger charge is -2.27. The molecule has 5 nitrogen and oxygen atoms in total. The number of aromatic amines is 1. The molecule has 0 aliphatic carbocycles. The van der Waals surface area contributed by atoms with Gasteiger partial charge in [0.15, 0.2) is 6.61 Å². The summed E-state index contributed by atoms with van der Waals surface area (Å²) >= 11 is 18.0. The van der Waals surface area contributed by atoms with E-state index >= 15 is 0 Å². The highest BCUT2D eigenvalue weighted by Gasteiger charge is 2.26. The molecule has 0 spiro atoms. The van der Waals surface area contributed by atoms with Crippen molar-refractivity contribution in [1.29, 1.82) is 0 Å². The van der Waals surface area contributed by atoms with Crippen molar-refractivity contribution in [3.63, 3.8) is 0 Å². The van der Waals surface area contributed by atoms with Crippen LogP contribution < -0.4 is 4.74 Å². The van der Waals surface area contributed by atoms with Crippen LogP contribution in [0.2, 0.25) is 15.1 Å². The number of carbonyl (C=O) groups excluding carboxylic acids is 1. The zero-order valence-electron chi connectivity index (χ0n) is 14.7. The molecule has 1 N–H and O–H groups in total. The highest BCUT2D eigenvalue weighted by molar-refractivity contribution is 6.35. The van der Waals surface area contributed by atoms with Crippen molar-refractivity contribution in [3.8, 4) is 17.0 Å². The highest BCUT2D eigenvalue weighted by atomic mass is 35.5. The van der Waals surface area contributed by atoms with E-state index in [4.69, 9.17) is 39.5 Å². The van der Waals surface area contributed by atoms with Gasteiger partial charge in [-0.3, -0.25) is 9.89 Å². The molecule has 8 heteroatoms. The van der Waals surface area contributed by atoms with E-state index in [1.807, 2.05) is 24.3 Å². The third kappa shape index (κ3) is 3.97. The van der Waals surface area contributed by atoms with Gasteiger partial charge in [-0.25, -0.2) is 0 Å². The van der Waals surface area contributed by atoms with Crippen molar-refractivity contribution >= 4 is 40.7 Å². The van der Waals surface area contributed by atoms with Crippen LogP contribution >= 0.6 is 34.8 Å². The molecule has 28 heavy (non-hydrogen) atoms. The predicted octanol–water partition coefficient (Wildman–Crippen LogP) is 5.00. The van der Waals surface area contributed by atoms with E-state index in [0.29, 0.717) is 40.3 Å². The Balaban J connectivity index is 1.46. The first-order valence-electron chi connectivity index (χ1n) is 8.69. The van der Waals surface area contributed by atoms with Gasteiger partial charge in [0.05, 0.1) is 10.7 Å². The minimum atomic E-state index is -0.111. The number of nitrogens with zero attached hydrogens (tertiary/aromatic N) is 2. The minimum absolute atomic E-state index is 0.0924. The molecule has 4 rings (SSSR count). The molecule has 0 radical (unpaired) electrons. The first kappa shape index (κ1) is 19.1. The molecule has 3 aromatic rings. The summed E-state index contributed by atoms with van der Waals surface area (Å²) in [5.41, 5.74) is 3.87. The van der Waals surface area contributed by atoms with Crippen LogP contribution in [0.3, 0.4) is 0 Å². The average molecular weight is 437 g/mol. The fourth-order valence-corrected chi connectivity index (χ4v) is 3.77. The molecular weight excluding hydrogens is 421 g/mol. The summed E-state index contributed by atoms with van der Waals surface area (Å²) in [6.45, 7) is 0.983. The molecular formula is C20H16Cl3N3O2. The SMILES string of the molecule is O=C(COc1ccc(Cl)cc1Cl)N1CCc2[nH]nc(-c3ccc(Cl)cc3)c2C1. The summed E-state index contributed by atoms with van der Waals surface area (Å²) in [6, 6.07) is 12.4. The number of amides is 1. The van der Waals surface area contributed by atoms with Crippen molar-refractivity contribution in [3.05, 3.63) is 68.8 Å². The number of benzene rings is 2. The number of halogens is 3. The molecule has 2 heterocycles. The van der Waals surface area contributed by atoms with E-state index in [-0.39, 0.29) is 12.5 Å². The number of rotatable bonds is 4. The number of hydrogen-bond acceptors (Lipinski definition) is 3. The number of aromatic nitrogens is 2. The monoisotopic (exact) mass is 435 g/mol. The van der Waals surface area contributed by atoms with Gasteiger partial charge in [0, 0.05) is 46.4 Å². The number of hydrogen-bond donors (Lipinski definition) is 1. The second-order valence-electron chi connectivity index (χ2n) is 6.46. The van der Waals surface area contributed by atoms with Gasteiger partial charge in [-0.1, -0.05) is 46.9 Å². The van der Waals surface area contributed by atoms with Gasteiger partial charge in [0.1, 0.15) is 5.75 Å². The molecule has 1 amide bonds. The Morgan fingerprint density at radius 2 is 1.86 bits per heavy atom. The molecule has 0 atom stereocenters. The highest BCUT2D eigenvalue weighted by Crippen LogP contribution is 2.30. The van der Waals surface area contributed by atoms with Crippen LogP contribution in [0.25, 0.3) is 11.3 Å². The van der Waals surface area contributed by atoms with Crippen LogP contribution in [-0.4, -0.2) is 34.2 Å². The van der Waals surface area contributed by atoms with E-state index in [9.17, 15) is 4.79 Å². The largest absolute Gasteiger partial charge is 0.482 e. The smallest absolute Gasteiger partial charge is 0.260 e. The van der Waals surface area contributed by atoms with Crippen molar-refractivity contribution in [2.75, 3.05) is 13.2 Å². The topological polar surface area (TPSA) is 58.2 Å². The average Bonchev–Trinajstić information content (AvgIpc) is 3.11. The molecule has 0 unspecified atom stereocenters. The Morgan fingerprint density at radius 1 is 1.11 bits per heavy atom. The molecule has 1 aromatic heterocycles. The summed E-state index contributed by atoms with van der Waals surface area (Å²) < 4.78 is 5.58. The van der Waals surface area contributed by atoms with Crippen LogP contribution in [0.5, 0.6) is 5.75 Å². The number of fused-ring (bicyclic) bond motifs is 1. The Labute approximate surface area is 177 Å². The number of carbonyl (C=O) groups is 1. The lowest BCUT2D eigenvalue weighted by molar-refractivity contribution is -0.134. The lowest BCUT2D eigenvalue weighted by atomic mass is 10.0. The van der Waals surface area contributed by atoms with Crippen LogP contribution in [0.15, 0.2) is 42.5 Å². The molecule has 0 saturated carbocycles. The molecule has 1 aliphatic rings. The summed E-state index contributed by atoms with van der Waals surface area (Å²) in [4.78, 5) is 14.4. The Morgan fingerprint density at radius 3 is 2.61 bits per heavy atom. The second kappa shape index (κ2) is 8.03. The van der Waals surface area contributed by atoms with E-state index in [0.717, 1.165) is 22.5 Å². The third-order valence-electron chi connectivity index (χ3n) is 4.65. The van der Waals surface area contributed by atoms with E-state index in [2.05, 4.69) is 10.2 Å². The molecule has 0 fully saturated rings. The summed E-state index contributed by atoms with van der Waals surface area (Å²) in [6.07, 6.45) is 0.712. The van der Waals surface area contributed by atoms with Crippen LogP contribution in [0, 0.1) is 0 Å². The predicted molar refractivity (Wildman–Crippen MR) is 110 cm³/mol. The molecule has 0 bridgehead atoms. The Bertz CT molecular complexity index is 1020. The Kier molecular flexibility index (Phi) is 5.49. The third-order valence-corrected chi connectivity index (χ3v) is 5.43. The van der Waals surface area contributed by atoms with Crippen molar-refractivity contribution in [2.24, 2.45) is 0 Å². The van der Waals surface area contributed by atoms with Crippen molar-refractivity contribution in [2.45, 2.75) is 13.0 Å². The minimum Gasteiger partial charge on any atom is -0.482 e.